The van der Waals surface area contributed by atoms with Crippen LogP contribution in [0.15, 0.2) is 24.3 Å². The Morgan fingerprint density at radius 3 is 2.47 bits per heavy atom. The second-order valence-electron chi connectivity index (χ2n) is 3.83. The summed E-state index contributed by atoms with van der Waals surface area (Å²) in [5.41, 5.74) is 0. The fourth-order valence-corrected chi connectivity index (χ4v) is 1.58. The molecule has 0 spiro atoms. The van der Waals surface area contributed by atoms with Gasteiger partial charge in [-0.2, -0.15) is 0 Å². The molecule has 0 aliphatic carbocycles. The van der Waals surface area contributed by atoms with Gasteiger partial charge in [0.05, 0.1) is 13.2 Å². The van der Waals surface area contributed by atoms with E-state index in [1.807, 2.05) is 19.1 Å². The van der Waals surface area contributed by atoms with E-state index in [1.54, 1.807) is 19.1 Å². The van der Waals surface area contributed by atoms with Crippen LogP contribution in [-0.2, 0) is 9.53 Å². The Kier molecular flexibility index (Phi) is 6.74. The van der Waals surface area contributed by atoms with Gasteiger partial charge in [-0.1, -0.05) is 6.07 Å². The second-order valence-corrected chi connectivity index (χ2v) is 3.83. The minimum atomic E-state index is -0.964. The summed E-state index contributed by atoms with van der Waals surface area (Å²) in [7, 11) is 0. The fourth-order valence-electron chi connectivity index (χ4n) is 1.58. The molecule has 1 N–H and O–H groups in total. The number of rotatable bonds is 9. The maximum absolute atomic E-state index is 10.9. The minimum Gasteiger partial charge on any atom is -0.494 e. The van der Waals surface area contributed by atoms with Gasteiger partial charge < -0.3 is 19.3 Å². The van der Waals surface area contributed by atoms with Gasteiger partial charge in [0.25, 0.3) is 0 Å². The summed E-state index contributed by atoms with van der Waals surface area (Å²) in [6.45, 7) is 4.92. The molecule has 5 heteroatoms. The van der Waals surface area contributed by atoms with E-state index in [2.05, 4.69) is 0 Å². The quantitative estimate of drug-likeness (QED) is 0.744. The van der Waals surface area contributed by atoms with E-state index in [4.69, 9.17) is 19.3 Å². The van der Waals surface area contributed by atoms with E-state index in [0.717, 1.165) is 5.75 Å². The molecule has 1 unspecified atom stereocenters. The predicted octanol–water partition coefficient (Wildman–Crippen LogP) is 2.34. The number of benzene rings is 1. The fraction of sp³-hybridized carbons (Fsp3) is 0.500. The monoisotopic (exact) mass is 268 g/mol. The van der Waals surface area contributed by atoms with Crippen LogP contribution in [0.4, 0.5) is 0 Å². The van der Waals surface area contributed by atoms with Gasteiger partial charge in [0.1, 0.15) is 11.5 Å². The first-order valence-electron chi connectivity index (χ1n) is 6.37. The maximum Gasteiger partial charge on any atom is 0.332 e. The van der Waals surface area contributed by atoms with Gasteiger partial charge in [0.2, 0.25) is 0 Å². The lowest BCUT2D eigenvalue weighted by Gasteiger charge is -2.13. The Hall–Kier alpha value is -1.75. The van der Waals surface area contributed by atoms with Crippen molar-refractivity contribution in [1.82, 2.24) is 0 Å². The standard InChI is InChI=1S/C14H20O5/c1-3-17-11-6-5-7-12(10-11)19-9-8-13(14(15)16)18-4-2/h5-7,10,13H,3-4,8-9H2,1-2H3,(H,15,16). The van der Waals surface area contributed by atoms with Crippen molar-refractivity contribution in [3.05, 3.63) is 24.3 Å². The molecule has 0 saturated heterocycles. The number of hydrogen-bond acceptors (Lipinski definition) is 4. The highest BCUT2D eigenvalue weighted by molar-refractivity contribution is 5.72. The molecule has 0 heterocycles. The third-order valence-corrected chi connectivity index (χ3v) is 2.41. The van der Waals surface area contributed by atoms with E-state index in [0.29, 0.717) is 25.4 Å². The average molecular weight is 268 g/mol. The van der Waals surface area contributed by atoms with Gasteiger partial charge in [-0.05, 0) is 26.0 Å². The van der Waals surface area contributed by atoms with Crippen LogP contribution in [0.1, 0.15) is 20.3 Å². The van der Waals surface area contributed by atoms with Gasteiger partial charge in [-0.25, -0.2) is 4.79 Å². The molecule has 5 nitrogen and oxygen atoms in total. The third kappa shape index (κ3) is 5.61. The van der Waals surface area contributed by atoms with Crippen LogP contribution in [0.5, 0.6) is 11.5 Å². The molecule has 1 atom stereocenters. The first kappa shape index (κ1) is 15.3. The third-order valence-electron chi connectivity index (χ3n) is 2.41. The molecule has 0 aliphatic heterocycles. The number of hydrogen-bond donors (Lipinski definition) is 1. The van der Waals surface area contributed by atoms with E-state index in [-0.39, 0.29) is 6.61 Å². The summed E-state index contributed by atoms with van der Waals surface area (Å²) in [6.07, 6.45) is -0.512. The Labute approximate surface area is 113 Å². The lowest BCUT2D eigenvalue weighted by molar-refractivity contribution is -0.150. The highest BCUT2D eigenvalue weighted by Gasteiger charge is 2.17. The molecule has 0 aromatic heterocycles. The van der Waals surface area contributed by atoms with Crippen molar-refractivity contribution in [2.45, 2.75) is 26.4 Å². The van der Waals surface area contributed by atoms with Crippen molar-refractivity contribution in [2.24, 2.45) is 0 Å². The molecule has 106 valence electrons. The number of carbonyl (C=O) groups is 1. The number of carboxylic acids is 1. The van der Waals surface area contributed by atoms with Crippen molar-refractivity contribution in [2.75, 3.05) is 19.8 Å². The van der Waals surface area contributed by atoms with Crippen molar-refractivity contribution >= 4 is 5.97 Å². The SMILES string of the molecule is CCOc1cccc(OCCC(OCC)C(=O)O)c1. The largest absolute Gasteiger partial charge is 0.494 e. The molecular weight excluding hydrogens is 248 g/mol. The number of carboxylic acid groups (broad SMARTS) is 1. The van der Waals surface area contributed by atoms with Crippen LogP contribution < -0.4 is 9.47 Å². The summed E-state index contributed by atoms with van der Waals surface area (Å²) in [6, 6.07) is 7.26. The summed E-state index contributed by atoms with van der Waals surface area (Å²) >= 11 is 0. The first-order chi connectivity index (χ1) is 9.17. The highest BCUT2D eigenvalue weighted by Crippen LogP contribution is 2.19. The van der Waals surface area contributed by atoms with Crippen LogP contribution in [-0.4, -0.2) is 37.0 Å². The molecule has 19 heavy (non-hydrogen) atoms. The summed E-state index contributed by atoms with van der Waals surface area (Å²) < 4.78 is 15.9. The zero-order valence-corrected chi connectivity index (χ0v) is 11.3. The van der Waals surface area contributed by atoms with E-state index in [9.17, 15) is 4.79 Å². The lowest BCUT2D eigenvalue weighted by atomic mass is 10.2. The Balaban J connectivity index is 2.43. The van der Waals surface area contributed by atoms with Crippen LogP contribution in [0.25, 0.3) is 0 Å². The van der Waals surface area contributed by atoms with Crippen LogP contribution in [0.3, 0.4) is 0 Å². The lowest BCUT2D eigenvalue weighted by Crippen LogP contribution is -2.26. The van der Waals surface area contributed by atoms with Crippen LogP contribution in [0, 0.1) is 0 Å². The van der Waals surface area contributed by atoms with Crippen molar-refractivity contribution < 1.29 is 24.1 Å². The molecule has 1 aromatic rings. The van der Waals surface area contributed by atoms with Crippen molar-refractivity contribution in [1.29, 1.82) is 0 Å². The van der Waals surface area contributed by atoms with E-state index >= 15 is 0 Å². The smallest absolute Gasteiger partial charge is 0.332 e. The minimum absolute atomic E-state index is 0.284. The second kappa shape index (κ2) is 8.37. The number of ether oxygens (including phenoxy) is 3. The summed E-state index contributed by atoms with van der Waals surface area (Å²) in [5.74, 6) is 0.430. The Bertz CT molecular complexity index is 391. The van der Waals surface area contributed by atoms with Crippen LogP contribution in [0.2, 0.25) is 0 Å². The first-order valence-corrected chi connectivity index (χ1v) is 6.37. The molecule has 0 aliphatic rings. The molecule has 1 rings (SSSR count). The Morgan fingerprint density at radius 2 is 1.89 bits per heavy atom. The topological polar surface area (TPSA) is 65.0 Å². The number of aliphatic carboxylic acids is 1. The predicted molar refractivity (Wildman–Crippen MR) is 70.8 cm³/mol. The molecule has 0 amide bonds. The van der Waals surface area contributed by atoms with E-state index < -0.39 is 12.1 Å². The molecular formula is C14H20O5. The summed E-state index contributed by atoms with van der Waals surface area (Å²) in [4.78, 5) is 10.9. The normalized spacial score (nSPS) is 11.9. The van der Waals surface area contributed by atoms with Crippen LogP contribution >= 0.6 is 0 Å². The highest BCUT2D eigenvalue weighted by atomic mass is 16.5. The van der Waals surface area contributed by atoms with Gasteiger partial charge in [0.15, 0.2) is 6.10 Å². The van der Waals surface area contributed by atoms with Gasteiger partial charge in [-0.15, -0.1) is 0 Å². The zero-order chi connectivity index (χ0) is 14.1. The van der Waals surface area contributed by atoms with Crippen molar-refractivity contribution in [3.8, 4) is 11.5 Å². The van der Waals surface area contributed by atoms with Gasteiger partial charge in [-0.3, -0.25) is 0 Å². The molecule has 0 bridgehead atoms. The maximum atomic E-state index is 10.9. The molecule has 0 saturated carbocycles. The zero-order valence-electron chi connectivity index (χ0n) is 11.3. The summed E-state index contributed by atoms with van der Waals surface area (Å²) in [5, 5.41) is 8.92. The molecule has 0 radical (unpaired) electrons. The van der Waals surface area contributed by atoms with Gasteiger partial charge in [0, 0.05) is 19.1 Å². The van der Waals surface area contributed by atoms with E-state index in [1.165, 1.54) is 0 Å². The molecule has 0 fully saturated rings. The van der Waals surface area contributed by atoms with Gasteiger partial charge >= 0.3 is 5.97 Å². The van der Waals surface area contributed by atoms with Crippen molar-refractivity contribution in [3.63, 3.8) is 0 Å². The Morgan fingerprint density at radius 1 is 1.21 bits per heavy atom. The average Bonchev–Trinajstić information content (AvgIpc) is 2.38. The molecule has 1 aromatic carbocycles.